The fraction of sp³-hybridized carbons (Fsp3) is 0.467. The molecule has 0 saturated heterocycles. The van der Waals surface area contributed by atoms with Gasteiger partial charge in [-0.3, -0.25) is 14.6 Å². The largest absolute Gasteiger partial charge is 0.326 e. The fourth-order valence-corrected chi connectivity index (χ4v) is 2.52. The lowest BCUT2D eigenvalue weighted by Crippen LogP contribution is -2.38. The molecule has 0 saturated carbocycles. The van der Waals surface area contributed by atoms with Crippen molar-refractivity contribution in [1.29, 1.82) is 0 Å². The lowest BCUT2D eigenvalue weighted by atomic mass is 9.99. The molecular weight excluding hydrogens is 250 g/mol. The van der Waals surface area contributed by atoms with Gasteiger partial charge in [0.2, 0.25) is 0 Å². The van der Waals surface area contributed by atoms with Crippen LogP contribution in [0.2, 0.25) is 0 Å². The number of hydrogen-bond acceptors (Lipinski definition) is 4. The van der Waals surface area contributed by atoms with E-state index in [9.17, 15) is 0 Å². The predicted molar refractivity (Wildman–Crippen MR) is 79.9 cm³/mol. The van der Waals surface area contributed by atoms with Gasteiger partial charge in [-0.15, -0.1) is 0 Å². The molecule has 2 N–H and O–H groups in total. The minimum atomic E-state index is 0.0841. The van der Waals surface area contributed by atoms with Crippen LogP contribution in [0.3, 0.4) is 0 Å². The van der Waals surface area contributed by atoms with Gasteiger partial charge >= 0.3 is 0 Å². The predicted octanol–water partition coefficient (Wildman–Crippen LogP) is 1.73. The van der Waals surface area contributed by atoms with Gasteiger partial charge in [0.1, 0.15) is 0 Å². The highest BCUT2D eigenvalue weighted by molar-refractivity contribution is 5.15. The molecule has 0 aliphatic rings. The van der Waals surface area contributed by atoms with Crippen LogP contribution in [-0.2, 0) is 13.6 Å². The van der Waals surface area contributed by atoms with Crippen LogP contribution in [0.25, 0.3) is 0 Å². The summed E-state index contributed by atoms with van der Waals surface area (Å²) in [6, 6.07) is 4.29. The number of hydrogen-bond donors (Lipinski definition) is 1. The average Bonchev–Trinajstić information content (AvgIpc) is 2.86. The third kappa shape index (κ3) is 3.43. The molecule has 2 heterocycles. The second-order valence-corrected chi connectivity index (χ2v) is 5.24. The first-order chi connectivity index (χ1) is 9.61. The number of aryl methyl sites for hydroxylation is 1. The van der Waals surface area contributed by atoms with Crippen molar-refractivity contribution in [2.24, 2.45) is 12.8 Å². The first-order valence-corrected chi connectivity index (χ1v) is 6.95. The first-order valence-electron chi connectivity index (χ1n) is 6.95. The van der Waals surface area contributed by atoms with E-state index in [-0.39, 0.29) is 12.1 Å². The molecule has 2 atom stereocenters. The minimum Gasteiger partial charge on any atom is -0.326 e. The Balaban J connectivity index is 2.18. The third-order valence-electron chi connectivity index (χ3n) is 3.57. The Bertz CT molecular complexity index is 522. The zero-order chi connectivity index (χ0) is 14.5. The Morgan fingerprint density at radius 2 is 2.20 bits per heavy atom. The van der Waals surface area contributed by atoms with Crippen molar-refractivity contribution in [2.45, 2.75) is 32.0 Å². The van der Waals surface area contributed by atoms with E-state index in [0.29, 0.717) is 0 Å². The molecule has 108 valence electrons. The Labute approximate surface area is 120 Å². The van der Waals surface area contributed by atoms with Crippen LogP contribution in [0.15, 0.2) is 36.9 Å². The maximum Gasteiger partial charge on any atom is 0.0538 e. The van der Waals surface area contributed by atoms with Crippen LogP contribution >= 0.6 is 0 Å². The van der Waals surface area contributed by atoms with Crippen LogP contribution in [-0.4, -0.2) is 32.8 Å². The standard InChI is InChI=1S/C15H23N5/c1-4-14(16)15(13-9-18-20(3)11-13)19(2)10-12-6-5-7-17-8-12/h5-9,11,14-15H,4,10,16H2,1-3H3. The average molecular weight is 273 g/mol. The second-order valence-electron chi connectivity index (χ2n) is 5.24. The van der Waals surface area contributed by atoms with Crippen molar-refractivity contribution in [1.82, 2.24) is 19.7 Å². The lowest BCUT2D eigenvalue weighted by Gasteiger charge is -2.31. The Morgan fingerprint density at radius 1 is 1.40 bits per heavy atom. The number of nitrogens with two attached hydrogens (primary N) is 1. The molecule has 0 fully saturated rings. The van der Waals surface area contributed by atoms with Gasteiger partial charge in [0, 0.05) is 43.8 Å². The van der Waals surface area contributed by atoms with Crippen LogP contribution in [0.4, 0.5) is 0 Å². The molecule has 2 unspecified atom stereocenters. The van der Waals surface area contributed by atoms with Crippen molar-refractivity contribution in [3.63, 3.8) is 0 Å². The summed E-state index contributed by atoms with van der Waals surface area (Å²) in [5.74, 6) is 0. The van der Waals surface area contributed by atoms with E-state index in [1.807, 2.05) is 36.4 Å². The zero-order valence-corrected chi connectivity index (χ0v) is 12.4. The molecule has 2 rings (SSSR count). The van der Waals surface area contributed by atoms with Crippen LogP contribution in [0.1, 0.15) is 30.5 Å². The van der Waals surface area contributed by atoms with Gasteiger partial charge in [0.05, 0.1) is 12.2 Å². The summed E-state index contributed by atoms with van der Waals surface area (Å²) in [7, 11) is 4.03. The van der Waals surface area contributed by atoms with Gasteiger partial charge in [-0.25, -0.2) is 0 Å². The van der Waals surface area contributed by atoms with Crippen molar-refractivity contribution < 1.29 is 0 Å². The first kappa shape index (κ1) is 14.7. The topological polar surface area (TPSA) is 60.0 Å². The molecule has 0 amide bonds. The summed E-state index contributed by atoms with van der Waals surface area (Å²) in [6.45, 7) is 2.94. The Kier molecular flexibility index (Phi) is 4.87. The van der Waals surface area contributed by atoms with Crippen LogP contribution in [0.5, 0.6) is 0 Å². The number of rotatable bonds is 6. The monoisotopic (exact) mass is 273 g/mol. The number of nitrogens with zero attached hydrogens (tertiary/aromatic N) is 4. The highest BCUT2D eigenvalue weighted by atomic mass is 15.2. The second kappa shape index (κ2) is 6.63. The molecule has 5 nitrogen and oxygen atoms in total. The lowest BCUT2D eigenvalue weighted by molar-refractivity contribution is 0.201. The molecule has 2 aromatic heterocycles. The van der Waals surface area contributed by atoms with E-state index in [2.05, 4.69) is 35.0 Å². The van der Waals surface area contributed by atoms with E-state index in [1.54, 1.807) is 6.20 Å². The Morgan fingerprint density at radius 3 is 2.75 bits per heavy atom. The zero-order valence-electron chi connectivity index (χ0n) is 12.4. The molecule has 2 aromatic rings. The summed E-state index contributed by atoms with van der Waals surface area (Å²) >= 11 is 0. The van der Waals surface area contributed by atoms with Crippen molar-refractivity contribution in [3.05, 3.63) is 48.0 Å². The molecule has 0 bridgehead atoms. The van der Waals surface area contributed by atoms with Gasteiger partial charge in [0.15, 0.2) is 0 Å². The van der Waals surface area contributed by atoms with E-state index in [4.69, 9.17) is 5.73 Å². The number of aromatic nitrogens is 3. The molecule has 0 spiro atoms. The molecule has 20 heavy (non-hydrogen) atoms. The molecule has 5 heteroatoms. The summed E-state index contributed by atoms with van der Waals surface area (Å²) in [6.07, 6.45) is 8.56. The molecule has 0 radical (unpaired) electrons. The van der Waals surface area contributed by atoms with Gasteiger partial charge in [0.25, 0.3) is 0 Å². The fourth-order valence-electron chi connectivity index (χ4n) is 2.52. The van der Waals surface area contributed by atoms with Gasteiger partial charge in [-0.05, 0) is 25.1 Å². The highest BCUT2D eigenvalue weighted by Gasteiger charge is 2.24. The van der Waals surface area contributed by atoms with E-state index in [0.717, 1.165) is 18.5 Å². The summed E-state index contributed by atoms with van der Waals surface area (Å²) in [5, 5.41) is 4.27. The molecule has 0 aromatic carbocycles. The normalized spacial score (nSPS) is 14.4. The molecule has 0 aliphatic heterocycles. The van der Waals surface area contributed by atoms with Crippen molar-refractivity contribution in [3.8, 4) is 0 Å². The molecular formula is C15H23N5. The quantitative estimate of drug-likeness (QED) is 0.870. The van der Waals surface area contributed by atoms with E-state index >= 15 is 0 Å². The van der Waals surface area contributed by atoms with Gasteiger partial charge in [-0.1, -0.05) is 13.0 Å². The highest BCUT2D eigenvalue weighted by Crippen LogP contribution is 2.24. The SMILES string of the molecule is CCC(N)C(c1cnn(C)c1)N(C)Cc1cccnc1. The van der Waals surface area contributed by atoms with Crippen LogP contribution < -0.4 is 5.73 Å². The maximum atomic E-state index is 6.32. The minimum absolute atomic E-state index is 0.0841. The van der Waals surface area contributed by atoms with Crippen molar-refractivity contribution >= 4 is 0 Å². The molecule has 0 aliphatic carbocycles. The summed E-state index contributed by atoms with van der Waals surface area (Å²) in [4.78, 5) is 6.43. The van der Waals surface area contributed by atoms with Gasteiger partial charge < -0.3 is 5.73 Å². The van der Waals surface area contributed by atoms with E-state index < -0.39 is 0 Å². The van der Waals surface area contributed by atoms with Crippen molar-refractivity contribution in [2.75, 3.05) is 7.05 Å². The number of pyridine rings is 1. The van der Waals surface area contributed by atoms with Gasteiger partial charge in [-0.2, -0.15) is 5.10 Å². The summed E-state index contributed by atoms with van der Waals surface area (Å²) in [5.41, 5.74) is 8.67. The Hall–Kier alpha value is -1.72. The smallest absolute Gasteiger partial charge is 0.0538 e. The summed E-state index contributed by atoms with van der Waals surface area (Å²) < 4.78 is 1.82. The third-order valence-corrected chi connectivity index (χ3v) is 3.57. The van der Waals surface area contributed by atoms with Crippen LogP contribution in [0, 0.1) is 0 Å². The number of likely N-dealkylation sites (N-methyl/N-ethyl adjacent to an activating group) is 1. The maximum absolute atomic E-state index is 6.32. The van der Waals surface area contributed by atoms with E-state index in [1.165, 1.54) is 5.56 Å².